The molecule has 0 aliphatic heterocycles. The van der Waals surface area contributed by atoms with Gasteiger partial charge in [0.1, 0.15) is 0 Å². The summed E-state index contributed by atoms with van der Waals surface area (Å²) >= 11 is 0. The van der Waals surface area contributed by atoms with Crippen LogP contribution in [0.1, 0.15) is 24.3 Å². The van der Waals surface area contributed by atoms with E-state index in [1.807, 2.05) is 0 Å². The molecule has 0 spiro atoms. The van der Waals surface area contributed by atoms with Gasteiger partial charge in [-0.2, -0.15) is 0 Å². The molecule has 1 aromatic carbocycles. The zero-order chi connectivity index (χ0) is 8.41. The van der Waals surface area contributed by atoms with Crippen LogP contribution in [0.15, 0.2) is 30.3 Å². The first-order valence-corrected chi connectivity index (χ1v) is 5.50. The Balaban J connectivity index is 1.77. The van der Waals surface area contributed by atoms with Crippen molar-refractivity contribution in [1.82, 2.24) is 0 Å². The van der Waals surface area contributed by atoms with Crippen LogP contribution in [0, 0.1) is 23.7 Å². The molecule has 4 aliphatic rings. The second kappa shape index (κ2) is 2.00. The Morgan fingerprint density at radius 2 is 1.62 bits per heavy atom. The van der Waals surface area contributed by atoms with Crippen LogP contribution in [0.5, 0.6) is 0 Å². The van der Waals surface area contributed by atoms with Gasteiger partial charge in [0.25, 0.3) is 0 Å². The van der Waals surface area contributed by atoms with Gasteiger partial charge in [-0.1, -0.05) is 30.3 Å². The van der Waals surface area contributed by atoms with E-state index in [4.69, 9.17) is 0 Å². The molecule has 0 saturated heterocycles. The van der Waals surface area contributed by atoms with Crippen LogP contribution in [0.4, 0.5) is 0 Å². The van der Waals surface area contributed by atoms with Crippen LogP contribution in [-0.2, 0) is 0 Å². The second-order valence-electron chi connectivity index (χ2n) is 5.07. The van der Waals surface area contributed by atoms with Gasteiger partial charge in [-0.05, 0) is 48.0 Å². The molecule has 2 unspecified atom stereocenters. The molecule has 0 radical (unpaired) electrons. The summed E-state index contributed by atoms with van der Waals surface area (Å²) in [4.78, 5) is 0. The van der Waals surface area contributed by atoms with Crippen molar-refractivity contribution in [2.75, 3.05) is 0 Å². The molecule has 66 valence electrons. The molecule has 0 heteroatoms. The van der Waals surface area contributed by atoms with E-state index in [1.165, 1.54) is 0 Å². The van der Waals surface area contributed by atoms with Crippen molar-refractivity contribution in [2.45, 2.75) is 18.8 Å². The largest absolute Gasteiger partial charge is 0.0622 e. The maximum Gasteiger partial charge on any atom is -0.00996 e. The van der Waals surface area contributed by atoms with Gasteiger partial charge in [-0.3, -0.25) is 0 Å². The highest BCUT2D eigenvalue weighted by Crippen LogP contribution is 2.75. The van der Waals surface area contributed by atoms with Crippen molar-refractivity contribution in [3.8, 4) is 0 Å². The Labute approximate surface area is 79.0 Å². The summed E-state index contributed by atoms with van der Waals surface area (Å²) in [6, 6.07) is 11.2. The zero-order valence-corrected chi connectivity index (χ0v) is 7.69. The van der Waals surface area contributed by atoms with E-state index in [1.54, 1.807) is 18.4 Å². The molecule has 5 rings (SSSR count). The van der Waals surface area contributed by atoms with Gasteiger partial charge < -0.3 is 0 Å². The van der Waals surface area contributed by atoms with E-state index in [-0.39, 0.29) is 0 Å². The Kier molecular flexibility index (Phi) is 1.02. The third-order valence-corrected chi connectivity index (χ3v) is 4.65. The first-order chi connectivity index (χ1) is 6.45. The molecular formula is C13H14. The molecule has 13 heavy (non-hydrogen) atoms. The molecule has 0 nitrogen and oxygen atoms in total. The van der Waals surface area contributed by atoms with Crippen molar-refractivity contribution >= 4 is 0 Å². The Morgan fingerprint density at radius 3 is 2.15 bits per heavy atom. The van der Waals surface area contributed by atoms with Crippen LogP contribution in [0.25, 0.3) is 0 Å². The van der Waals surface area contributed by atoms with E-state index in [2.05, 4.69) is 30.3 Å². The van der Waals surface area contributed by atoms with Crippen molar-refractivity contribution < 1.29 is 0 Å². The molecule has 4 bridgehead atoms. The summed E-state index contributed by atoms with van der Waals surface area (Å²) in [6.07, 6.45) is 3.10. The number of hydrogen-bond donors (Lipinski definition) is 0. The third-order valence-electron chi connectivity index (χ3n) is 4.65. The fraction of sp³-hybridized carbons (Fsp3) is 0.538. The predicted molar refractivity (Wildman–Crippen MR) is 52.4 cm³/mol. The normalized spacial score (nSPS) is 49.7. The summed E-state index contributed by atoms with van der Waals surface area (Å²) in [5, 5.41) is 0. The van der Waals surface area contributed by atoms with Crippen molar-refractivity contribution in [3.05, 3.63) is 35.9 Å². The molecule has 4 fully saturated rings. The van der Waals surface area contributed by atoms with Crippen molar-refractivity contribution in [1.29, 1.82) is 0 Å². The minimum absolute atomic E-state index is 0.955. The first kappa shape index (κ1) is 6.64. The van der Waals surface area contributed by atoms with E-state index >= 15 is 0 Å². The molecule has 0 heterocycles. The summed E-state index contributed by atoms with van der Waals surface area (Å²) in [5.74, 6) is 5.41. The molecule has 5 atom stereocenters. The maximum atomic E-state index is 2.33. The molecule has 0 amide bonds. The van der Waals surface area contributed by atoms with Gasteiger partial charge in [-0.15, -0.1) is 0 Å². The van der Waals surface area contributed by atoms with E-state index in [0.717, 1.165) is 29.6 Å². The fourth-order valence-corrected chi connectivity index (χ4v) is 4.24. The SMILES string of the molecule is c1ccc([C@@H]2C3C[C@@H]4C2[C@@H]4C3)cc1. The summed E-state index contributed by atoms with van der Waals surface area (Å²) in [5.41, 5.74) is 1.63. The molecule has 4 aliphatic carbocycles. The van der Waals surface area contributed by atoms with E-state index < -0.39 is 0 Å². The summed E-state index contributed by atoms with van der Waals surface area (Å²) in [7, 11) is 0. The lowest BCUT2D eigenvalue weighted by molar-refractivity contribution is 0.528. The highest BCUT2D eigenvalue weighted by molar-refractivity contribution is 5.31. The Morgan fingerprint density at radius 1 is 0.923 bits per heavy atom. The third kappa shape index (κ3) is 0.688. The monoisotopic (exact) mass is 170 g/mol. The standard InChI is InChI=1S/C13H14/c1-2-4-8(5-3-1)12-9-6-10-11(7-9)13(10)12/h1-5,9-13H,6-7H2/t9?,10-,11+,12-,13?/m1/s1. The van der Waals surface area contributed by atoms with Crippen LogP contribution < -0.4 is 0 Å². The minimum Gasteiger partial charge on any atom is -0.0622 e. The summed E-state index contributed by atoms with van der Waals surface area (Å²) < 4.78 is 0. The van der Waals surface area contributed by atoms with Gasteiger partial charge in [0.05, 0.1) is 0 Å². The van der Waals surface area contributed by atoms with Gasteiger partial charge >= 0.3 is 0 Å². The second-order valence-corrected chi connectivity index (χ2v) is 5.07. The Hall–Kier alpha value is -0.780. The number of hydrogen-bond acceptors (Lipinski definition) is 0. The highest BCUT2D eigenvalue weighted by atomic mass is 14.7. The van der Waals surface area contributed by atoms with Crippen LogP contribution in [0.3, 0.4) is 0 Å². The molecular weight excluding hydrogens is 156 g/mol. The number of rotatable bonds is 1. The van der Waals surface area contributed by atoms with Gasteiger partial charge in [0, 0.05) is 0 Å². The highest BCUT2D eigenvalue weighted by Gasteiger charge is 2.68. The minimum atomic E-state index is 0.955. The van der Waals surface area contributed by atoms with Gasteiger partial charge in [-0.25, -0.2) is 0 Å². The van der Waals surface area contributed by atoms with Gasteiger partial charge in [0.15, 0.2) is 0 Å². The topological polar surface area (TPSA) is 0 Å². The van der Waals surface area contributed by atoms with Crippen LogP contribution in [-0.4, -0.2) is 0 Å². The lowest BCUT2D eigenvalue weighted by Crippen LogP contribution is -2.02. The number of benzene rings is 1. The van der Waals surface area contributed by atoms with Crippen LogP contribution >= 0.6 is 0 Å². The van der Waals surface area contributed by atoms with Crippen molar-refractivity contribution in [3.63, 3.8) is 0 Å². The predicted octanol–water partition coefficient (Wildman–Crippen LogP) is 3.06. The Bertz CT molecular complexity index is 326. The fourth-order valence-electron chi connectivity index (χ4n) is 4.24. The quantitative estimate of drug-likeness (QED) is 0.607. The van der Waals surface area contributed by atoms with Crippen LogP contribution in [0.2, 0.25) is 0 Å². The molecule has 0 N–H and O–H groups in total. The average Bonchev–Trinajstić information content (AvgIpc) is 2.65. The lowest BCUT2D eigenvalue weighted by Gasteiger charge is -2.14. The first-order valence-electron chi connectivity index (χ1n) is 5.50. The molecule has 0 aromatic heterocycles. The van der Waals surface area contributed by atoms with Crippen molar-refractivity contribution in [2.24, 2.45) is 23.7 Å². The van der Waals surface area contributed by atoms with Gasteiger partial charge in [0.2, 0.25) is 0 Å². The molecule has 1 aromatic rings. The molecule has 4 saturated carbocycles. The van der Waals surface area contributed by atoms with E-state index in [0.29, 0.717) is 0 Å². The summed E-state index contributed by atoms with van der Waals surface area (Å²) in [6.45, 7) is 0. The maximum absolute atomic E-state index is 2.33. The van der Waals surface area contributed by atoms with E-state index in [9.17, 15) is 0 Å². The lowest BCUT2D eigenvalue weighted by atomic mass is 9.90. The average molecular weight is 170 g/mol. The zero-order valence-electron chi connectivity index (χ0n) is 7.69. The smallest absolute Gasteiger partial charge is 0.00996 e.